The number of halogens is 1. The third-order valence-electron chi connectivity index (χ3n) is 4.33. The van der Waals surface area contributed by atoms with Gasteiger partial charge in [0.05, 0.1) is 22.5 Å². The number of hydrogen-bond donors (Lipinski definition) is 0. The highest BCUT2D eigenvalue weighted by atomic mass is 35.5. The molecule has 1 aromatic heterocycles. The molecule has 1 aromatic rings. The van der Waals surface area contributed by atoms with Gasteiger partial charge in [-0.15, -0.1) is 0 Å². The average molecular weight is 334 g/mol. The van der Waals surface area contributed by atoms with Gasteiger partial charge in [-0.25, -0.2) is 13.1 Å². The Bertz CT molecular complexity index is 679. The van der Waals surface area contributed by atoms with Gasteiger partial charge in [0, 0.05) is 5.92 Å². The highest BCUT2D eigenvalue weighted by molar-refractivity contribution is 7.91. The van der Waals surface area contributed by atoms with Gasteiger partial charge in [0.1, 0.15) is 5.69 Å². The van der Waals surface area contributed by atoms with Crippen LogP contribution in [0.3, 0.4) is 0 Å². The third kappa shape index (κ3) is 2.66. The van der Waals surface area contributed by atoms with Gasteiger partial charge in [0.15, 0.2) is 9.84 Å². The maximum Gasteiger partial charge on any atom is 0.329 e. The predicted molar refractivity (Wildman–Crippen MR) is 77.4 cm³/mol. The van der Waals surface area contributed by atoms with Crippen molar-refractivity contribution in [3.8, 4) is 0 Å². The van der Waals surface area contributed by atoms with Gasteiger partial charge in [-0.05, 0) is 19.3 Å². The second kappa shape index (κ2) is 5.24. The quantitative estimate of drug-likeness (QED) is 0.625. The van der Waals surface area contributed by atoms with Gasteiger partial charge in [-0.2, -0.15) is 5.10 Å². The summed E-state index contributed by atoms with van der Waals surface area (Å²) in [7, 11) is -3.09. The van der Waals surface area contributed by atoms with E-state index in [1.165, 1.54) is 4.68 Å². The maximum atomic E-state index is 11.6. The lowest BCUT2D eigenvalue weighted by Crippen LogP contribution is -2.13. The first-order chi connectivity index (χ1) is 9.89. The van der Waals surface area contributed by atoms with Crippen LogP contribution in [0.15, 0.2) is 0 Å². The Balaban J connectivity index is 2.02. The SMILES string of the molecule is O=[N+]([O-])c1c(C2CCCC2)nn(C2CCS(=O)(=O)C2)c1Cl. The van der Waals surface area contributed by atoms with E-state index in [9.17, 15) is 18.5 Å². The topological polar surface area (TPSA) is 95.1 Å². The smallest absolute Gasteiger partial charge is 0.258 e. The van der Waals surface area contributed by atoms with Crippen LogP contribution < -0.4 is 0 Å². The Labute approximate surface area is 127 Å². The van der Waals surface area contributed by atoms with Crippen molar-refractivity contribution >= 4 is 27.1 Å². The Morgan fingerprint density at radius 1 is 1.29 bits per heavy atom. The number of aromatic nitrogens is 2. The van der Waals surface area contributed by atoms with E-state index in [0.29, 0.717) is 12.1 Å². The molecule has 0 bridgehead atoms. The van der Waals surface area contributed by atoms with Gasteiger partial charge in [-0.3, -0.25) is 10.1 Å². The summed E-state index contributed by atoms with van der Waals surface area (Å²) in [5.74, 6) is 0.0953. The predicted octanol–water partition coefficient (Wildman–Crippen LogP) is 2.46. The fourth-order valence-corrected chi connectivity index (χ4v) is 5.31. The van der Waals surface area contributed by atoms with Crippen LogP contribution >= 0.6 is 11.6 Å². The molecule has 0 amide bonds. The van der Waals surface area contributed by atoms with Crippen molar-refractivity contribution in [3.05, 3.63) is 21.0 Å². The molecule has 1 unspecified atom stereocenters. The van der Waals surface area contributed by atoms with Crippen LogP contribution in [-0.2, 0) is 9.84 Å². The summed E-state index contributed by atoms with van der Waals surface area (Å²) in [5.41, 5.74) is 0.277. The summed E-state index contributed by atoms with van der Waals surface area (Å²) in [6.07, 6.45) is 4.22. The number of rotatable bonds is 3. The lowest BCUT2D eigenvalue weighted by atomic mass is 10.0. The molecular formula is C12H16ClN3O4S. The van der Waals surface area contributed by atoms with Crippen molar-refractivity contribution in [2.24, 2.45) is 0 Å². The molecule has 1 saturated carbocycles. The molecular weight excluding hydrogens is 318 g/mol. The molecule has 1 aliphatic heterocycles. The van der Waals surface area contributed by atoms with Gasteiger partial charge < -0.3 is 0 Å². The van der Waals surface area contributed by atoms with Crippen LogP contribution in [-0.4, -0.2) is 34.6 Å². The van der Waals surface area contributed by atoms with E-state index < -0.39 is 20.8 Å². The van der Waals surface area contributed by atoms with Crippen LogP contribution in [0.1, 0.15) is 49.8 Å². The van der Waals surface area contributed by atoms with E-state index in [1.807, 2.05) is 0 Å². The molecule has 3 rings (SSSR count). The fourth-order valence-electron chi connectivity index (χ4n) is 3.27. The standard InChI is InChI=1S/C12H16ClN3O4S/c13-12-11(16(17)18)10(8-3-1-2-4-8)14-15(12)9-5-6-21(19,20)7-9/h8-9H,1-7H2. The Morgan fingerprint density at radius 2 is 1.95 bits per heavy atom. The molecule has 2 aliphatic rings. The molecule has 0 radical (unpaired) electrons. The summed E-state index contributed by atoms with van der Waals surface area (Å²) >= 11 is 6.14. The van der Waals surface area contributed by atoms with Gasteiger partial charge in [-0.1, -0.05) is 24.4 Å². The zero-order chi connectivity index (χ0) is 15.2. The lowest BCUT2D eigenvalue weighted by Gasteiger charge is -2.09. The van der Waals surface area contributed by atoms with Crippen molar-refractivity contribution in [1.82, 2.24) is 9.78 Å². The van der Waals surface area contributed by atoms with E-state index >= 15 is 0 Å². The molecule has 1 aliphatic carbocycles. The first kappa shape index (κ1) is 14.8. The van der Waals surface area contributed by atoms with E-state index in [1.54, 1.807) is 0 Å². The van der Waals surface area contributed by atoms with Crippen molar-refractivity contribution < 1.29 is 13.3 Å². The first-order valence-corrected chi connectivity index (χ1v) is 9.21. The van der Waals surface area contributed by atoms with Crippen LogP contribution in [0.2, 0.25) is 5.15 Å². The number of sulfone groups is 1. The van der Waals surface area contributed by atoms with Gasteiger partial charge >= 0.3 is 5.69 Å². The Kier molecular flexibility index (Phi) is 3.69. The second-order valence-electron chi connectivity index (χ2n) is 5.76. The molecule has 1 atom stereocenters. The molecule has 2 heterocycles. The number of hydrogen-bond acceptors (Lipinski definition) is 5. The molecule has 21 heavy (non-hydrogen) atoms. The Hall–Kier alpha value is -1.15. The molecule has 0 N–H and O–H groups in total. The van der Waals surface area contributed by atoms with Crippen LogP contribution in [0.4, 0.5) is 5.69 Å². The van der Waals surface area contributed by atoms with E-state index in [-0.39, 0.29) is 28.3 Å². The zero-order valence-electron chi connectivity index (χ0n) is 11.4. The number of nitrogens with zero attached hydrogens (tertiary/aromatic N) is 3. The van der Waals surface area contributed by atoms with Gasteiger partial charge in [0.2, 0.25) is 5.15 Å². The molecule has 0 spiro atoms. The van der Waals surface area contributed by atoms with E-state index in [4.69, 9.17) is 11.6 Å². The minimum Gasteiger partial charge on any atom is -0.258 e. The summed E-state index contributed by atoms with van der Waals surface area (Å²) in [4.78, 5) is 10.8. The molecule has 0 aromatic carbocycles. The molecule has 9 heteroatoms. The highest BCUT2D eigenvalue weighted by Crippen LogP contribution is 2.42. The summed E-state index contributed by atoms with van der Waals surface area (Å²) in [6, 6.07) is -0.392. The lowest BCUT2D eigenvalue weighted by molar-refractivity contribution is -0.385. The van der Waals surface area contributed by atoms with Crippen molar-refractivity contribution in [2.45, 2.75) is 44.1 Å². The van der Waals surface area contributed by atoms with Crippen molar-refractivity contribution in [3.63, 3.8) is 0 Å². The normalized spacial score (nSPS) is 25.5. The third-order valence-corrected chi connectivity index (χ3v) is 6.44. The second-order valence-corrected chi connectivity index (χ2v) is 8.35. The summed E-state index contributed by atoms with van der Waals surface area (Å²) < 4.78 is 24.5. The van der Waals surface area contributed by atoms with Crippen molar-refractivity contribution in [1.29, 1.82) is 0 Å². The van der Waals surface area contributed by atoms with E-state index in [2.05, 4.69) is 5.10 Å². The van der Waals surface area contributed by atoms with Crippen LogP contribution in [0.5, 0.6) is 0 Å². The van der Waals surface area contributed by atoms with Crippen LogP contribution in [0.25, 0.3) is 0 Å². The first-order valence-electron chi connectivity index (χ1n) is 7.02. The molecule has 7 nitrogen and oxygen atoms in total. The maximum absolute atomic E-state index is 11.6. The largest absolute Gasteiger partial charge is 0.329 e. The zero-order valence-corrected chi connectivity index (χ0v) is 12.9. The van der Waals surface area contributed by atoms with E-state index in [0.717, 1.165) is 25.7 Å². The molecule has 2 fully saturated rings. The minimum atomic E-state index is -3.09. The number of nitro groups is 1. The molecule has 1 saturated heterocycles. The van der Waals surface area contributed by atoms with Crippen LogP contribution in [0, 0.1) is 10.1 Å². The summed E-state index contributed by atoms with van der Waals surface area (Å²) in [6.45, 7) is 0. The minimum absolute atomic E-state index is 0.0380. The average Bonchev–Trinajstić information content (AvgIpc) is 3.07. The monoisotopic (exact) mass is 333 g/mol. The summed E-state index contributed by atoms with van der Waals surface area (Å²) in [5, 5.41) is 15.6. The molecule has 116 valence electrons. The van der Waals surface area contributed by atoms with Gasteiger partial charge in [0.25, 0.3) is 0 Å². The van der Waals surface area contributed by atoms with Crippen molar-refractivity contribution in [2.75, 3.05) is 11.5 Å². The Morgan fingerprint density at radius 3 is 2.48 bits per heavy atom. The highest BCUT2D eigenvalue weighted by Gasteiger charge is 2.38. The fraction of sp³-hybridized carbons (Fsp3) is 0.750.